The van der Waals surface area contributed by atoms with E-state index >= 15 is 0 Å². The molecule has 1 amide bonds. The first-order chi connectivity index (χ1) is 20.9. The van der Waals surface area contributed by atoms with Crippen molar-refractivity contribution in [1.82, 2.24) is 20.6 Å². The first-order valence-corrected chi connectivity index (χ1v) is 16.5. The monoisotopic (exact) mass is 571 g/mol. The molecular formula is C37H41N5O. The van der Waals surface area contributed by atoms with Crippen LogP contribution < -0.4 is 16.0 Å². The number of nitrogens with one attached hydrogen (secondary N) is 4. The maximum Gasteiger partial charge on any atom is 0.241 e. The van der Waals surface area contributed by atoms with E-state index < -0.39 is 0 Å². The Morgan fingerprint density at radius 1 is 0.837 bits per heavy atom. The van der Waals surface area contributed by atoms with Gasteiger partial charge in [-0.25, -0.2) is 4.98 Å². The third-order valence-electron chi connectivity index (χ3n) is 11.6. The van der Waals surface area contributed by atoms with E-state index in [9.17, 15) is 4.79 Å². The Balaban J connectivity index is 0.978. The highest BCUT2D eigenvalue weighted by Crippen LogP contribution is 2.50. The van der Waals surface area contributed by atoms with Gasteiger partial charge < -0.3 is 20.9 Å². The number of fused-ring (bicyclic) bond motifs is 7. The first-order valence-electron chi connectivity index (χ1n) is 16.5. The summed E-state index contributed by atoms with van der Waals surface area (Å²) in [5.41, 5.74) is 10.4. The topological polar surface area (TPSA) is 81.8 Å². The fourth-order valence-electron chi connectivity index (χ4n) is 9.26. The lowest BCUT2D eigenvalue weighted by Crippen LogP contribution is -2.44. The van der Waals surface area contributed by atoms with Crippen LogP contribution in [0.2, 0.25) is 0 Å². The third kappa shape index (κ3) is 4.13. The van der Waals surface area contributed by atoms with Gasteiger partial charge in [0.25, 0.3) is 0 Å². The van der Waals surface area contributed by atoms with E-state index in [1.165, 1.54) is 71.9 Å². The second-order valence-electron chi connectivity index (χ2n) is 14.5. The number of imidazole rings is 1. The highest BCUT2D eigenvalue weighted by molar-refractivity contribution is 5.96. The molecule has 9 rings (SSSR count). The van der Waals surface area contributed by atoms with Crippen LogP contribution in [0.3, 0.4) is 0 Å². The predicted octanol–water partition coefficient (Wildman–Crippen LogP) is 7.21. The maximum absolute atomic E-state index is 13.1. The minimum absolute atomic E-state index is 0.0543. The molecule has 220 valence electrons. The fraction of sp³-hybridized carbons (Fsp3) is 0.459. The molecule has 3 aliphatic carbocycles. The number of hydrogen-bond acceptors (Lipinski definition) is 4. The van der Waals surface area contributed by atoms with Crippen LogP contribution in [0.15, 0.2) is 54.6 Å². The van der Waals surface area contributed by atoms with Gasteiger partial charge in [-0.3, -0.25) is 4.79 Å². The van der Waals surface area contributed by atoms with Gasteiger partial charge >= 0.3 is 0 Å². The number of benzene rings is 3. The molecule has 6 nitrogen and oxygen atoms in total. The van der Waals surface area contributed by atoms with Crippen LogP contribution in [0.25, 0.3) is 33.3 Å². The van der Waals surface area contributed by atoms with E-state index in [-0.39, 0.29) is 17.4 Å². The Bertz CT molecular complexity index is 1760. The van der Waals surface area contributed by atoms with E-state index in [0.717, 1.165) is 41.3 Å². The molecule has 0 radical (unpaired) electrons. The summed E-state index contributed by atoms with van der Waals surface area (Å²) >= 11 is 0. The van der Waals surface area contributed by atoms with Gasteiger partial charge in [0.05, 0.1) is 23.1 Å². The van der Waals surface area contributed by atoms with Crippen LogP contribution in [0.1, 0.15) is 88.2 Å². The molecule has 4 aromatic rings. The number of piperidine rings is 1. The quantitative estimate of drug-likeness (QED) is 0.209. The molecule has 4 fully saturated rings. The number of nitrogens with zero attached hydrogens (tertiary/aromatic N) is 1. The summed E-state index contributed by atoms with van der Waals surface area (Å²) < 4.78 is 0. The molecule has 4 N–H and O–H groups in total. The molecule has 43 heavy (non-hydrogen) atoms. The van der Waals surface area contributed by atoms with Gasteiger partial charge in [0.1, 0.15) is 5.82 Å². The molecular weight excluding hydrogens is 530 g/mol. The van der Waals surface area contributed by atoms with Gasteiger partial charge in [-0.1, -0.05) is 51.0 Å². The van der Waals surface area contributed by atoms with Crippen molar-refractivity contribution in [2.75, 3.05) is 5.32 Å². The van der Waals surface area contributed by atoms with Crippen LogP contribution in [0.5, 0.6) is 0 Å². The smallest absolute Gasteiger partial charge is 0.241 e. The Labute approximate surface area is 253 Å². The van der Waals surface area contributed by atoms with Crippen molar-refractivity contribution >= 4 is 22.6 Å². The lowest BCUT2D eigenvalue weighted by Gasteiger charge is -2.24. The predicted molar refractivity (Wildman–Crippen MR) is 172 cm³/mol. The zero-order valence-corrected chi connectivity index (χ0v) is 25.2. The summed E-state index contributed by atoms with van der Waals surface area (Å²) in [6, 6.07) is 21.5. The molecule has 1 aromatic heterocycles. The van der Waals surface area contributed by atoms with Crippen molar-refractivity contribution in [3.8, 4) is 22.3 Å². The van der Waals surface area contributed by atoms with E-state index in [0.29, 0.717) is 24.0 Å². The molecule has 2 bridgehead atoms. The molecule has 6 atom stereocenters. The second-order valence-corrected chi connectivity index (χ2v) is 14.5. The molecule has 0 spiro atoms. The summed E-state index contributed by atoms with van der Waals surface area (Å²) in [5.74, 6) is 2.48. The largest absolute Gasteiger partial charge is 0.341 e. The number of carbonyl (C=O) groups excluding carboxylic acids is 1. The molecule has 2 saturated heterocycles. The molecule has 2 aliphatic heterocycles. The van der Waals surface area contributed by atoms with Crippen molar-refractivity contribution in [2.24, 2.45) is 11.8 Å². The molecule has 3 aromatic carbocycles. The lowest BCUT2D eigenvalue weighted by atomic mass is 9.81. The highest BCUT2D eigenvalue weighted by atomic mass is 16.2. The van der Waals surface area contributed by atoms with Crippen molar-refractivity contribution in [1.29, 1.82) is 0 Å². The summed E-state index contributed by atoms with van der Waals surface area (Å²) in [4.78, 5) is 21.8. The van der Waals surface area contributed by atoms with Gasteiger partial charge in [0.15, 0.2) is 0 Å². The maximum atomic E-state index is 13.1. The Hall–Kier alpha value is -3.48. The number of carbonyl (C=O) groups is 1. The molecule has 0 unspecified atom stereocenters. The standard InChI is InChI=1S/C37H41N5O/c1-37(2)28-16-20(21-9-14-31-32(17-21)42-35(41-31)33-18-22-5-3-4-6-30(22)40-33)8-12-26(28)27-13-11-25(19-29(27)37)39-36(43)34-23-7-10-24(15-23)38-34/h8-9,11-14,16-17,19,22-24,30,33-34,38,40H,3-7,10,15,18H2,1-2H3,(H,39,43)(H,41,42)/t22-,23-,24+,30-,33-,34-/m0/s1. The van der Waals surface area contributed by atoms with E-state index in [4.69, 9.17) is 4.98 Å². The van der Waals surface area contributed by atoms with Gasteiger partial charge in [0, 0.05) is 23.2 Å². The Morgan fingerprint density at radius 3 is 2.44 bits per heavy atom. The summed E-state index contributed by atoms with van der Waals surface area (Å²) in [7, 11) is 0. The average molecular weight is 572 g/mol. The Morgan fingerprint density at radius 2 is 1.63 bits per heavy atom. The van der Waals surface area contributed by atoms with Crippen LogP contribution in [-0.2, 0) is 10.2 Å². The van der Waals surface area contributed by atoms with Crippen LogP contribution >= 0.6 is 0 Å². The minimum Gasteiger partial charge on any atom is -0.341 e. The number of hydrogen-bond donors (Lipinski definition) is 4. The molecule has 6 heteroatoms. The van der Waals surface area contributed by atoms with E-state index in [1.807, 2.05) is 0 Å². The lowest BCUT2D eigenvalue weighted by molar-refractivity contribution is -0.119. The third-order valence-corrected chi connectivity index (χ3v) is 11.6. The van der Waals surface area contributed by atoms with Crippen LogP contribution in [0.4, 0.5) is 5.69 Å². The Kier molecular flexibility index (Phi) is 5.74. The van der Waals surface area contributed by atoms with Crippen molar-refractivity contribution in [3.63, 3.8) is 0 Å². The molecule has 3 heterocycles. The minimum atomic E-state index is -0.166. The number of rotatable bonds is 4. The van der Waals surface area contributed by atoms with Gasteiger partial charge in [-0.2, -0.15) is 0 Å². The zero-order valence-electron chi connectivity index (χ0n) is 25.2. The van der Waals surface area contributed by atoms with E-state index in [2.05, 4.69) is 89.4 Å². The second kappa shape index (κ2) is 9.51. The van der Waals surface area contributed by atoms with Crippen LogP contribution in [-0.4, -0.2) is 34.0 Å². The number of aromatic amines is 1. The number of amides is 1. The normalized spacial score (nSPS) is 29.9. The van der Waals surface area contributed by atoms with Crippen molar-refractivity contribution < 1.29 is 4.79 Å². The summed E-state index contributed by atoms with van der Waals surface area (Å²) in [5, 5.41) is 10.6. The first kappa shape index (κ1) is 26.0. The van der Waals surface area contributed by atoms with Crippen molar-refractivity contribution in [3.05, 3.63) is 71.5 Å². The molecule has 5 aliphatic rings. The molecule has 2 saturated carbocycles. The zero-order chi connectivity index (χ0) is 28.9. The highest BCUT2D eigenvalue weighted by Gasteiger charge is 2.43. The van der Waals surface area contributed by atoms with Gasteiger partial charge in [-0.15, -0.1) is 0 Å². The fourth-order valence-corrected chi connectivity index (χ4v) is 9.26. The number of aromatic nitrogens is 2. The van der Waals surface area contributed by atoms with Crippen LogP contribution in [0, 0.1) is 11.8 Å². The van der Waals surface area contributed by atoms with E-state index in [1.54, 1.807) is 0 Å². The number of H-pyrrole nitrogens is 1. The average Bonchev–Trinajstić information content (AvgIpc) is 3.85. The number of anilines is 1. The SMILES string of the molecule is CC1(C)c2cc(NC(=O)[C@H]3N[C@@H]4CC[C@H]3C4)ccc2-c2ccc(-c3ccc4[nH]c([C@@H]5C[C@@H]6CCCC[C@@H]6N5)nc4c3)cc21. The van der Waals surface area contributed by atoms with Gasteiger partial charge in [0.2, 0.25) is 5.91 Å². The van der Waals surface area contributed by atoms with Gasteiger partial charge in [-0.05, 0) is 114 Å². The summed E-state index contributed by atoms with van der Waals surface area (Å²) in [6.07, 6.45) is 10.1. The summed E-state index contributed by atoms with van der Waals surface area (Å²) in [6.45, 7) is 4.61. The van der Waals surface area contributed by atoms with Crippen molar-refractivity contribution in [2.45, 2.75) is 94.8 Å².